The predicted molar refractivity (Wildman–Crippen MR) is 75.0 cm³/mol. The van der Waals surface area contributed by atoms with E-state index >= 15 is 0 Å². The summed E-state index contributed by atoms with van der Waals surface area (Å²) in [6.45, 7) is 1.77. The van der Waals surface area contributed by atoms with Gasteiger partial charge in [-0.15, -0.1) is 11.3 Å². The van der Waals surface area contributed by atoms with Gasteiger partial charge >= 0.3 is 0 Å². The lowest BCUT2D eigenvalue weighted by atomic mass is 10.4. The topological polar surface area (TPSA) is 59.1 Å². The zero-order valence-corrected chi connectivity index (χ0v) is 12.7. The van der Waals surface area contributed by atoms with Crippen molar-refractivity contribution in [3.63, 3.8) is 0 Å². The van der Waals surface area contributed by atoms with Gasteiger partial charge in [0, 0.05) is 16.0 Å². The molecule has 0 radical (unpaired) electrons. The predicted octanol–water partition coefficient (Wildman–Crippen LogP) is 2.95. The van der Waals surface area contributed by atoms with Crippen molar-refractivity contribution in [2.45, 2.75) is 17.9 Å². The molecule has 1 heterocycles. The van der Waals surface area contributed by atoms with Gasteiger partial charge in [0.15, 0.2) is 0 Å². The maximum Gasteiger partial charge on any atom is 0.241 e. The minimum atomic E-state index is -3.52. The van der Waals surface area contributed by atoms with Crippen LogP contribution in [0.3, 0.4) is 0 Å². The van der Waals surface area contributed by atoms with Gasteiger partial charge in [0.1, 0.15) is 5.01 Å². The molecule has 0 aliphatic heterocycles. The van der Waals surface area contributed by atoms with E-state index in [0.29, 0.717) is 0 Å². The fourth-order valence-corrected chi connectivity index (χ4v) is 3.96. The molecule has 2 aromatic rings. The molecular weight excluding hydrogens is 336 g/mol. The maximum atomic E-state index is 12.1. The van der Waals surface area contributed by atoms with Crippen molar-refractivity contribution in [1.82, 2.24) is 9.71 Å². The average Bonchev–Trinajstić information content (AvgIpc) is 2.82. The third kappa shape index (κ3) is 3.17. The Morgan fingerprint density at radius 2 is 2.22 bits per heavy atom. The van der Waals surface area contributed by atoms with Gasteiger partial charge in [-0.25, -0.2) is 18.1 Å². The summed E-state index contributed by atoms with van der Waals surface area (Å²) in [5.74, 6) is 0. The standard InChI is InChI=1S/C11H11BrN2O2S2/c1-8(11-13-5-6-17-11)14-18(15,16)10-4-2-3-9(12)7-10/h2-8,14H,1H3. The summed E-state index contributed by atoms with van der Waals surface area (Å²) < 4.78 is 27.6. The molecule has 96 valence electrons. The molecule has 1 aromatic carbocycles. The van der Waals surface area contributed by atoms with Crippen molar-refractivity contribution in [2.24, 2.45) is 0 Å². The number of thiazole rings is 1. The highest BCUT2D eigenvalue weighted by molar-refractivity contribution is 9.10. The van der Waals surface area contributed by atoms with Crippen LogP contribution in [0.25, 0.3) is 0 Å². The van der Waals surface area contributed by atoms with Crippen LogP contribution in [-0.2, 0) is 10.0 Å². The van der Waals surface area contributed by atoms with Crippen molar-refractivity contribution >= 4 is 37.3 Å². The van der Waals surface area contributed by atoms with Gasteiger partial charge in [-0.1, -0.05) is 22.0 Å². The lowest BCUT2D eigenvalue weighted by Crippen LogP contribution is -2.26. The highest BCUT2D eigenvalue weighted by atomic mass is 79.9. The third-order valence-corrected chi connectivity index (χ3v) is 5.25. The lowest BCUT2D eigenvalue weighted by Gasteiger charge is -2.12. The van der Waals surface area contributed by atoms with Crippen LogP contribution >= 0.6 is 27.3 Å². The molecule has 7 heteroatoms. The normalized spacial score (nSPS) is 13.4. The second-order valence-corrected chi connectivity index (χ2v) is 7.23. The van der Waals surface area contributed by atoms with E-state index in [1.165, 1.54) is 11.3 Å². The van der Waals surface area contributed by atoms with Crippen LogP contribution in [-0.4, -0.2) is 13.4 Å². The number of aromatic nitrogens is 1. The van der Waals surface area contributed by atoms with Gasteiger partial charge in [0.25, 0.3) is 0 Å². The summed E-state index contributed by atoms with van der Waals surface area (Å²) in [6.07, 6.45) is 1.66. The van der Waals surface area contributed by atoms with Crippen LogP contribution in [0.15, 0.2) is 45.2 Å². The third-order valence-electron chi connectivity index (χ3n) is 2.26. The van der Waals surface area contributed by atoms with Crippen LogP contribution in [0.4, 0.5) is 0 Å². The summed E-state index contributed by atoms with van der Waals surface area (Å²) >= 11 is 4.68. The molecule has 0 aliphatic rings. The van der Waals surface area contributed by atoms with Crippen LogP contribution in [0.1, 0.15) is 18.0 Å². The average molecular weight is 347 g/mol. The van der Waals surface area contributed by atoms with Crippen molar-refractivity contribution in [3.8, 4) is 0 Å². The van der Waals surface area contributed by atoms with E-state index in [1.807, 2.05) is 5.38 Å². The quantitative estimate of drug-likeness (QED) is 0.925. The number of rotatable bonds is 4. The Bertz CT molecular complexity index is 626. The van der Waals surface area contributed by atoms with Crippen molar-refractivity contribution in [1.29, 1.82) is 0 Å². The minimum Gasteiger partial charge on any atom is -0.248 e. The number of hydrogen-bond acceptors (Lipinski definition) is 4. The number of halogens is 1. The molecule has 2 rings (SSSR count). The van der Waals surface area contributed by atoms with Gasteiger partial charge in [0.05, 0.1) is 10.9 Å². The Morgan fingerprint density at radius 3 is 2.83 bits per heavy atom. The number of benzene rings is 1. The molecule has 0 aliphatic carbocycles. The smallest absolute Gasteiger partial charge is 0.241 e. The SMILES string of the molecule is CC(NS(=O)(=O)c1cccc(Br)c1)c1nccs1. The van der Waals surface area contributed by atoms with Gasteiger partial charge in [-0.2, -0.15) is 0 Å². The highest BCUT2D eigenvalue weighted by Crippen LogP contribution is 2.20. The number of nitrogens with one attached hydrogen (secondary N) is 1. The fraction of sp³-hybridized carbons (Fsp3) is 0.182. The molecule has 0 fully saturated rings. The first-order valence-corrected chi connectivity index (χ1v) is 8.32. The van der Waals surface area contributed by atoms with E-state index in [4.69, 9.17) is 0 Å². The molecular formula is C11H11BrN2O2S2. The first-order valence-electron chi connectivity index (χ1n) is 5.16. The van der Waals surface area contributed by atoms with Gasteiger partial charge in [-0.05, 0) is 25.1 Å². The van der Waals surface area contributed by atoms with Crippen LogP contribution in [0.2, 0.25) is 0 Å². The lowest BCUT2D eigenvalue weighted by molar-refractivity contribution is 0.566. The zero-order valence-electron chi connectivity index (χ0n) is 9.50. The largest absolute Gasteiger partial charge is 0.248 e. The first kappa shape index (κ1) is 13.7. The van der Waals surface area contributed by atoms with E-state index in [2.05, 4.69) is 25.6 Å². The van der Waals surface area contributed by atoms with Crippen LogP contribution < -0.4 is 4.72 Å². The van der Waals surface area contributed by atoms with Crippen molar-refractivity contribution in [2.75, 3.05) is 0 Å². The molecule has 4 nitrogen and oxygen atoms in total. The molecule has 0 saturated heterocycles. The van der Waals surface area contributed by atoms with Gasteiger partial charge in [0.2, 0.25) is 10.0 Å². The van der Waals surface area contributed by atoms with E-state index in [0.717, 1.165) is 9.48 Å². The number of nitrogens with zero attached hydrogens (tertiary/aromatic N) is 1. The molecule has 0 bridgehead atoms. The zero-order chi connectivity index (χ0) is 13.2. The van der Waals surface area contributed by atoms with Crippen LogP contribution in [0, 0.1) is 0 Å². The maximum absolute atomic E-state index is 12.1. The van der Waals surface area contributed by atoms with Crippen molar-refractivity contribution in [3.05, 3.63) is 45.3 Å². The Hall–Kier alpha value is -0.760. The molecule has 1 N–H and O–H groups in total. The molecule has 0 saturated carbocycles. The van der Waals surface area contributed by atoms with Gasteiger partial charge in [-0.3, -0.25) is 0 Å². The number of hydrogen-bond donors (Lipinski definition) is 1. The first-order chi connectivity index (χ1) is 8.49. The summed E-state index contributed by atoms with van der Waals surface area (Å²) in [6, 6.07) is 6.25. The van der Waals surface area contributed by atoms with E-state index < -0.39 is 10.0 Å². The summed E-state index contributed by atoms with van der Waals surface area (Å²) in [4.78, 5) is 4.33. The van der Waals surface area contributed by atoms with E-state index in [9.17, 15) is 8.42 Å². The molecule has 1 unspecified atom stereocenters. The van der Waals surface area contributed by atoms with E-state index in [-0.39, 0.29) is 10.9 Å². The molecule has 1 atom stereocenters. The highest BCUT2D eigenvalue weighted by Gasteiger charge is 2.19. The summed E-state index contributed by atoms with van der Waals surface area (Å²) in [5, 5.41) is 2.56. The van der Waals surface area contributed by atoms with Gasteiger partial charge < -0.3 is 0 Å². The second-order valence-electron chi connectivity index (χ2n) is 3.67. The Balaban J connectivity index is 2.22. The second kappa shape index (κ2) is 5.48. The molecule has 18 heavy (non-hydrogen) atoms. The Morgan fingerprint density at radius 1 is 1.44 bits per heavy atom. The van der Waals surface area contributed by atoms with E-state index in [1.54, 1.807) is 37.4 Å². The minimum absolute atomic E-state index is 0.236. The molecule has 1 aromatic heterocycles. The van der Waals surface area contributed by atoms with Crippen molar-refractivity contribution < 1.29 is 8.42 Å². The molecule has 0 spiro atoms. The summed E-state index contributed by atoms with van der Waals surface area (Å²) in [5.41, 5.74) is 0. The Labute approximate surface area is 118 Å². The summed E-state index contributed by atoms with van der Waals surface area (Å²) in [7, 11) is -3.52. The number of sulfonamides is 1. The Kier molecular flexibility index (Phi) is 4.16. The van der Waals surface area contributed by atoms with Crippen LogP contribution in [0.5, 0.6) is 0 Å². The molecule has 0 amide bonds. The fourth-order valence-electron chi connectivity index (χ4n) is 1.43. The monoisotopic (exact) mass is 346 g/mol.